The van der Waals surface area contributed by atoms with Crippen molar-refractivity contribution < 1.29 is 4.79 Å². The molecule has 4 aromatic heterocycles. The molecule has 0 saturated carbocycles. The van der Waals surface area contributed by atoms with Gasteiger partial charge in [-0.15, -0.1) is 0 Å². The summed E-state index contributed by atoms with van der Waals surface area (Å²) in [5.41, 5.74) is 11.6. The third-order valence-corrected chi connectivity index (χ3v) is 6.00. The first-order chi connectivity index (χ1) is 17.5. The SMILES string of the molecule is CC(C)c1nn(-c2ccc(C(N)=O)c(NC(C)(C)C)c2)c2nccc(-n3cnc(-c4cnn(C)c4)c3)c12. The summed E-state index contributed by atoms with van der Waals surface area (Å²) >= 11 is 0. The quantitative estimate of drug-likeness (QED) is 0.358. The number of carbonyl (C=O) groups is 1. The molecule has 10 heteroatoms. The Balaban J connectivity index is 1.68. The highest BCUT2D eigenvalue weighted by atomic mass is 16.1. The number of primary amides is 1. The van der Waals surface area contributed by atoms with E-state index >= 15 is 0 Å². The Bertz CT molecular complexity index is 1610. The second-order valence-electron chi connectivity index (χ2n) is 10.5. The van der Waals surface area contributed by atoms with Crippen LogP contribution in [0.1, 0.15) is 56.6 Å². The van der Waals surface area contributed by atoms with Gasteiger partial charge < -0.3 is 15.6 Å². The predicted molar refractivity (Wildman–Crippen MR) is 144 cm³/mol. The predicted octanol–water partition coefficient (Wildman–Crippen LogP) is 4.44. The molecular weight excluding hydrogens is 466 g/mol. The number of imidazole rings is 1. The number of hydrogen-bond donors (Lipinski definition) is 2. The number of benzene rings is 1. The van der Waals surface area contributed by atoms with Crippen LogP contribution < -0.4 is 11.1 Å². The third-order valence-electron chi connectivity index (χ3n) is 6.00. The van der Waals surface area contributed by atoms with E-state index in [-0.39, 0.29) is 11.5 Å². The number of carbonyl (C=O) groups excluding carboxylic acids is 1. The molecule has 0 spiro atoms. The molecule has 1 aromatic carbocycles. The van der Waals surface area contributed by atoms with Gasteiger partial charge in [0.1, 0.15) is 0 Å². The summed E-state index contributed by atoms with van der Waals surface area (Å²) in [7, 11) is 1.88. The first kappa shape index (κ1) is 24.2. The normalized spacial score (nSPS) is 12.0. The summed E-state index contributed by atoms with van der Waals surface area (Å²) in [5.74, 6) is -0.346. The molecule has 0 aliphatic heterocycles. The van der Waals surface area contributed by atoms with Gasteiger partial charge in [0.25, 0.3) is 5.91 Å². The number of nitrogens with one attached hydrogen (secondary N) is 1. The van der Waals surface area contributed by atoms with Gasteiger partial charge in [0.05, 0.1) is 46.2 Å². The Morgan fingerprint density at radius 1 is 1.11 bits per heavy atom. The van der Waals surface area contributed by atoms with Gasteiger partial charge in [0.15, 0.2) is 5.65 Å². The highest BCUT2D eigenvalue weighted by molar-refractivity contribution is 5.99. The maximum Gasteiger partial charge on any atom is 0.250 e. The van der Waals surface area contributed by atoms with E-state index in [0.29, 0.717) is 16.9 Å². The van der Waals surface area contributed by atoms with Crippen molar-refractivity contribution in [2.45, 2.75) is 46.1 Å². The first-order valence-corrected chi connectivity index (χ1v) is 12.2. The number of hydrogen-bond acceptors (Lipinski definition) is 6. The van der Waals surface area contributed by atoms with E-state index in [9.17, 15) is 4.79 Å². The average molecular weight is 498 g/mol. The lowest BCUT2D eigenvalue weighted by Crippen LogP contribution is -2.28. The zero-order chi connectivity index (χ0) is 26.5. The molecule has 0 unspecified atom stereocenters. The van der Waals surface area contributed by atoms with Gasteiger partial charge in [-0.1, -0.05) is 13.8 Å². The van der Waals surface area contributed by atoms with Crippen molar-refractivity contribution in [3.8, 4) is 22.6 Å². The second-order valence-corrected chi connectivity index (χ2v) is 10.5. The molecule has 0 radical (unpaired) electrons. The number of aryl methyl sites for hydroxylation is 1. The van der Waals surface area contributed by atoms with Crippen molar-refractivity contribution in [3.05, 3.63) is 66.6 Å². The van der Waals surface area contributed by atoms with Crippen LogP contribution in [0.25, 0.3) is 33.7 Å². The zero-order valence-electron chi connectivity index (χ0n) is 21.9. The number of nitrogens with two attached hydrogens (primary N) is 1. The summed E-state index contributed by atoms with van der Waals surface area (Å²) in [4.78, 5) is 21.4. The maximum absolute atomic E-state index is 12.1. The summed E-state index contributed by atoms with van der Waals surface area (Å²) < 4.78 is 5.57. The minimum atomic E-state index is -0.489. The van der Waals surface area contributed by atoms with Gasteiger partial charge in [-0.3, -0.25) is 9.48 Å². The van der Waals surface area contributed by atoms with Crippen LogP contribution in [0.2, 0.25) is 0 Å². The number of rotatable bonds is 6. The van der Waals surface area contributed by atoms with Crippen molar-refractivity contribution in [3.63, 3.8) is 0 Å². The fourth-order valence-electron chi connectivity index (χ4n) is 4.40. The van der Waals surface area contributed by atoms with Crippen LogP contribution in [0, 0.1) is 0 Å². The summed E-state index contributed by atoms with van der Waals surface area (Å²) in [5, 5.41) is 13.6. The summed E-state index contributed by atoms with van der Waals surface area (Å²) in [6, 6.07) is 7.44. The molecule has 0 bridgehead atoms. The molecule has 0 saturated heterocycles. The van der Waals surface area contributed by atoms with Crippen LogP contribution in [-0.4, -0.2) is 45.5 Å². The number of nitrogens with zero attached hydrogens (tertiary/aromatic N) is 7. The number of fused-ring (bicyclic) bond motifs is 1. The summed E-state index contributed by atoms with van der Waals surface area (Å²) in [6.07, 6.45) is 9.29. The summed E-state index contributed by atoms with van der Waals surface area (Å²) in [6.45, 7) is 10.3. The lowest BCUT2D eigenvalue weighted by Gasteiger charge is -2.24. The Kier molecular flexibility index (Phi) is 5.82. The molecule has 190 valence electrons. The van der Waals surface area contributed by atoms with Gasteiger partial charge in [-0.25, -0.2) is 14.6 Å². The molecule has 0 fully saturated rings. The van der Waals surface area contributed by atoms with E-state index in [1.807, 2.05) is 67.7 Å². The van der Waals surface area contributed by atoms with E-state index in [1.54, 1.807) is 29.5 Å². The minimum absolute atomic E-state index is 0.144. The van der Waals surface area contributed by atoms with Gasteiger partial charge >= 0.3 is 0 Å². The van der Waals surface area contributed by atoms with Crippen LogP contribution in [0.5, 0.6) is 0 Å². The monoisotopic (exact) mass is 497 g/mol. The van der Waals surface area contributed by atoms with E-state index < -0.39 is 5.91 Å². The Labute approximate surface area is 215 Å². The second kappa shape index (κ2) is 8.88. The zero-order valence-corrected chi connectivity index (χ0v) is 21.9. The molecule has 0 aliphatic carbocycles. The number of aromatic nitrogens is 7. The smallest absolute Gasteiger partial charge is 0.250 e. The Morgan fingerprint density at radius 3 is 2.54 bits per heavy atom. The van der Waals surface area contributed by atoms with Crippen LogP contribution in [-0.2, 0) is 7.05 Å². The van der Waals surface area contributed by atoms with Crippen molar-refractivity contribution in [1.29, 1.82) is 0 Å². The number of amides is 1. The van der Waals surface area contributed by atoms with E-state index in [2.05, 4.69) is 29.2 Å². The van der Waals surface area contributed by atoms with Crippen LogP contribution in [0.3, 0.4) is 0 Å². The van der Waals surface area contributed by atoms with E-state index in [0.717, 1.165) is 33.7 Å². The standard InChI is InChI=1S/C27H31N9O/c1-16(2)24-23-22(35-14-21(30-15-35)17-12-31-34(6)13-17)9-10-29-26(23)36(33-24)18-7-8-19(25(28)37)20(11-18)32-27(3,4)5/h7-16,32H,1-6H3,(H2,28,37). The van der Waals surface area contributed by atoms with E-state index in [1.165, 1.54) is 0 Å². The number of pyridine rings is 1. The van der Waals surface area contributed by atoms with Crippen LogP contribution >= 0.6 is 0 Å². The Hall–Kier alpha value is -4.47. The minimum Gasteiger partial charge on any atom is -0.380 e. The fraction of sp³-hybridized carbons (Fsp3) is 0.296. The molecule has 0 atom stereocenters. The number of anilines is 1. The molecule has 4 heterocycles. The molecule has 10 nitrogen and oxygen atoms in total. The van der Waals surface area contributed by atoms with Gasteiger partial charge in [-0.05, 0) is 51.0 Å². The maximum atomic E-state index is 12.1. The topological polar surface area (TPSA) is 121 Å². The van der Waals surface area contributed by atoms with E-state index in [4.69, 9.17) is 15.8 Å². The van der Waals surface area contributed by atoms with Crippen molar-refractivity contribution in [2.24, 2.45) is 12.8 Å². The van der Waals surface area contributed by atoms with Gasteiger partial charge in [0, 0.05) is 42.4 Å². The molecular formula is C27H31N9O. The van der Waals surface area contributed by atoms with Crippen molar-refractivity contribution >= 4 is 22.6 Å². The van der Waals surface area contributed by atoms with Crippen LogP contribution in [0.15, 0.2) is 55.4 Å². The molecule has 0 aliphatic rings. The Morgan fingerprint density at radius 2 is 1.89 bits per heavy atom. The molecule has 3 N–H and O–H groups in total. The molecule has 5 aromatic rings. The van der Waals surface area contributed by atoms with Gasteiger partial charge in [0.2, 0.25) is 0 Å². The van der Waals surface area contributed by atoms with Crippen LogP contribution in [0.4, 0.5) is 5.69 Å². The van der Waals surface area contributed by atoms with Crippen molar-refractivity contribution in [1.82, 2.24) is 34.1 Å². The highest BCUT2D eigenvalue weighted by Gasteiger charge is 2.22. The third kappa shape index (κ3) is 4.57. The fourth-order valence-corrected chi connectivity index (χ4v) is 4.40. The van der Waals surface area contributed by atoms with Gasteiger partial charge in [-0.2, -0.15) is 10.2 Å². The lowest BCUT2D eigenvalue weighted by atomic mass is 10.1. The molecule has 1 amide bonds. The largest absolute Gasteiger partial charge is 0.380 e. The average Bonchev–Trinajstić information content (AvgIpc) is 3.55. The first-order valence-electron chi connectivity index (χ1n) is 12.2. The lowest BCUT2D eigenvalue weighted by molar-refractivity contribution is 0.100. The van der Waals surface area contributed by atoms with Crippen molar-refractivity contribution in [2.75, 3.05) is 5.32 Å². The molecule has 5 rings (SSSR count). The highest BCUT2D eigenvalue weighted by Crippen LogP contribution is 2.33. The molecule has 37 heavy (non-hydrogen) atoms.